The third-order valence-electron chi connectivity index (χ3n) is 6.55. The molecule has 192 valence electrons. The highest BCUT2D eigenvalue weighted by Crippen LogP contribution is 2.46. The smallest absolute Gasteiger partial charge is 0.261 e. The number of ether oxygens (including phenoxy) is 1. The van der Waals surface area contributed by atoms with Crippen molar-refractivity contribution in [1.82, 2.24) is 0 Å². The van der Waals surface area contributed by atoms with E-state index in [4.69, 9.17) is 4.74 Å². The number of sulfonamides is 1. The summed E-state index contributed by atoms with van der Waals surface area (Å²) in [7, 11) is -4.01. The molecule has 39 heavy (non-hydrogen) atoms. The Kier molecular flexibility index (Phi) is 6.05. The van der Waals surface area contributed by atoms with Gasteiger partial charge in [0.2, 0.25) is 0 Å². The highest BCUT2D eigenvalue weighted by Gasteiger charge is 2.21. The van der Waals surface area contributed by atoms with Crippen molar-refractivity contribution in [1.29, 1.82) is 0 Å². The summed E-state index contributed by atoms with van der Waals surface area (Å²) >= 11 is 0. The molecular weight excluding hydrogens is 510 g/mol. The van der Waals surface area contributed by atoms with E-state index in [2.05, 4.69) is 4.72 Å². The standard InChI is InChI=1S/C32H23NO5S/c34-30-19-14-21-8-4-5-11-25(21)31(30)28-20-29(26-12-6-7-13-27(26)32(28)35)33-39(36,37)24-17-15-23(16-18-24)38-22-9-2-1-3-10-22/h1-20,33-35H. The summed E-state index contributed by atoms with van der Waals surface area (Å²) in [4.78, 5) is 0.0506. The molecule has 6 rings (SSSR count). The molecular formula is C32H23NO5S. The molecule has 6 aromatic rings. The zero-order valence-corrected chi connectivity index (χ0v) is 21.4. The van der Waals surface area contributed by atoms with Gasteiger partial charge in [-0.05, 0) is 59.3 Å². The molecule has 3 N–H and O–H groups in total. The summed E-state index contributed by atoms with van der Waals surface area (Å²) in [6.07, 6.45) is 0. The van der Waals surface area contributed by atoms with Crippen LogP contribution < -0.4 is 9.46 Å². The van der Waals surface area contributed by atoms with Crippen molar-refractivity contribution in [3.63, 3.8) is 0 Å². The van der Waals surface area contributed by atoms with E-state index in [1.54, 1.807) is 54.6 Å². The molecule has 0 saturated carbocycles. The zero-order chi connectivity index (χ0) is 27.0. The van der Waals surface area contributed by atoms with Gasteiger partial charge in [0, 0.05) is 21.9 Å². The van der Waals surface area contributed by atoms with Crippen molar-refractivity contribution >= 4 is 37.3 Å². The Hall–Kier alpha value is -5.01. The number of hydrogen-bond donors (Lipinski definition) is 3. The van der Waals surface area contributed by atoms with Gasteiger partial charge in [-0.1, -0.05) is 72.8 Å². The number of phenolic OH excluding ortho intramolecular Hbond substituents is 2. The molecule has 6 nitrogen and oxygen atoms in total. The van der Waals surface area contributed by atoms with Gasteiger partial charge in [-0.2, -0.15) is 0 Å². The van der Waals surface area contributed by atoms with E-state index in [-0.39, 0.29) is 22.1 Å². The van der Waals surface area contributed by atoms with Crippen LogP contribution in [0.3, 0.4) is 0 Å². The highest BCUT2D eigenvalue weighted by molar-refractivity contribution is 7.92. The van der Waals surface area contributed by atoms with Crippen LogP contribution in [0.15, 0.2) is 126 Å². The first-order chi connectivity index (χ1) is 18.9. The summed E-state index contributed by atoms with van der Waals surface area (Å²) in [6.45, 7) is 0. The predicted octanol–water partition coefficient (Wildman–Crippen LogP) is 7.66. The summed E-state index contributed by atoms with van der Waals surface area (Å²) in [5, 5.41) is 24.7. The third-order valence-corrected chi connectivity index (χ3v) is 7.93. The molecule has 6 aromatic carbocycles. The number of benzene rings is 6. The zero-order valence-electron chi connectivity index (χ0n) is 20.6. The van der Waals surface area contributed by atoms with Crippen molar-refractivity contribution in [2.24, 2.45) is 0 Å². The average Bonchev–Trinajstić information content (AvgIpc) is 2.96. The molecule has 0 aromatic heterocycles. The number of phenols is 2. The normalized spacial score (nSPS) is 11.5. The molecule has 0 heterocycles. The van der Waals surface area contributed by atoms with Gasteiger partial charge in [-0.3, -0.25) is 4.72 Å². The van der Waals surface area contributed by atoms with E-state index in [1.165, 1.54) is 12.1 Å². The van der Waals surface area contributed by atoms with Crippen LogP contribution in [0, 0.1) is 0 Å². The van der Waals surface area contributed by atoms with Gasteiger partial charge in [0.05, 0.1) is 10.6 Å². The van der Waals surface area contributed by atoms with Gasteiger partial charge in [0.1, 0.15) is 23.0 Å². The van der Waals surface area contributed by atoms with E-state index >= 15 is 0 Å². The lowest BCUT2D eigenvalue weighted by Crippen LogP contribution is -2.13. The molecule has 0 aliphatic heterocycles. The third kappa shape index (κ3) is 4.60. The monoisotopic (exact) mass is 533 g/mol. The molecule has 0 bridgehead atoms. The van der Waals surface area contributed by atoms with Crippen molar-refractivity contribution in [3.05, 3.63) is 121 Å². The van der Waals surface area contributed by atoms with E-state index in [9.17, 15) is 18.6 Å². The minimum absolute atomic E-state index is 0.0258. The molecule has 0 unspecified atom stereocenters. The lowest BCUT2D eigenvalue weighted by Gasteiger charge is -2.17. The van der Waals surface area contributed by atoms with Crippen LogP contribution in [0.25, 0.3) is 32.7 Å². The quantitative estimate of drug-likeness (QED) is 0.191. The van der Waals surface area contributed by atoms with Gasteiger partial charge in [-0.15, -0.1) is 0 Å². The second-order valence-corrected chi connectivity index (χ2v) is 10.7. The van der Waals surface area contributed by atoms with Crippen LogP contribution in [0.4, 0.5) is 5.69 Å². The first-order valence-corrected chi connectivity index (χ1v) is 13.7. The van der Waals surface area contributed by atoms with Crippen molar-refractivity contribution in [2.45, 2.75) is 4.90 Å². The van der Waals surface area contributed by atoms with Crippen LogP contribution >= 0.6 is 0 Å². The Labute approximate surface area is 225 Å². The number of nitrogens with one attached hydrogen (secondary N) is 1. The Morgan fingerprint density at radius 3 is 1.97 bits per heavy atom. The summed E-state index contributed by atoms with van der Waals surface area (Å²) < 4.78 is 35.4. The lowest BCUT2D eigenvalue weighted by atomic mass is 9.93. The van der Waals surface area contributed by atoms with Crippen molar-refractivity contribution in [3.8, 4) is 34.1 Å². The highest BCUT2D eigenvalue weighted by atomic mass is 32.2. The number of rotatable bonds is 6. The summed E-state index contributed by atoms with van der Waals surface area (Å²) in [5.41, 5.74) is 1.00. The number of fused-ring (bicyclic) bond motifs is 2. The molecule has 7 heteroatoms. The van der Waals surface area contributed by atoms with E-state index < -0.39 is 10.0 Å². The number of para-hydroxylation sites is 1. The fraction of sp³-hybridized carbons (Fsp3) is 0. The fourth-order valence-electron chi connectivity index (χ4n) is 4.69. The summed E-state index contributed by atoms with van der Waals surface area (Å²) in [6, 6.07) is 34.7. The molecule has 0 radical (unpaired) electrons. The van der Waals surface area contributed by atoms with Crippen LogP contribution in [-0.4, -0.2) is 18.6 Å². The van der Waals surface area contributed by atoms with Crippen LogP contribution in [0.1, 0.15) is 0 Å². The van der Waals surface area contributed by atoms with Crippen LogP contribution in [-0.2, 0) is 10.0 Å². The molecule has 0 aliphatic rings. The SMILES string of the molecule is O=S(=O)(Nc1cc(-c2c(O)ccc3ccccc23)c(O)c2ccccc12)c1ccc(Oc2ccccc2)cc1. The van der Waals surface area contributed by atoms with E-state index in [1.807, 2.05) is 54.6 Å². The van der Waals surface area contributed by atoms with E-state index in [0.29, 0.717) is 33.4 Å². The lowest BCUT2D eigenvalue weighted by molar-refractivity contribution is 0.472. The van der Waals surface area contributed by atoms with Gasteiger partial charge in [-0.25, -0.2) is 8.42 Å². The predicted molar refractivity (Wildman–Crippen MR) is 154 cm³/mol. The second-order valence-electron chi connectivity index (χ2n) is 9.04. The molecule has 0 saturated heterocycles. The Morgan fingerprint density at radius 2 is 1.23 bits per heavy atom. The number of aromatic hydroxyl groups is 2. The molecule has 0 fully saturated rings. The maximum Gasteiger partial charge on any atom is 0.261 e. The Balaban J connectivity index is 1.43. The number of hydrogen-bond acceptors (Lipinski definition) is 5. The van der Waals surface area contributed by atoms with Gasteiger partial charge >= 0.3 is 0 Å². The largest absolute Gasteiger partial charge is 0.507 e. The van der Waals surface area contributed by atoms with Crippen molar-refractivity contribution < 1.29 is 23.4 Å². The molecule has 0 atom stereocenters. The minimum atomic E-state index is -4.01. The maximum atomic E-state index is 13.5. The van der Waals surface area contributed by atoms with Gasteiger partial charge < -0.3 is 14.9 Å². The average molecular weight is 534 g/mol. The topological polar surface area (TPSA) is 95.9 Å². The van der Waals surface area contributed by atoms with Crippen LogP contribution in [0.5, 0.6) is 23.0 Å². The van der Waals surface area contributed by atoms with Crippen LogP contribution in [0.2, 0.25) is 0 Å². The minimum Gasteiger partial charge on any atom is -0.507 e. The Morgan fingerprint density at radius 1 is 0.615 bits per heavy atom. The fourth-order valence-corrected chi connectivity index (χ4v) is 5.76. The second kappa shape index (κ2) is 9.70. The first kappa shape index (κ1) is 24.3. The molecule has 0 aliphatic carbocycles. The van der Waals surface area contributed by atoms with Crippen molar-refractivity contribution in [2.75, 3.05) is 4.72 Å². The summed E-state index contributed by atoms with van der Waals surface area (Å²) in [5.74, 6) is 1.07. The number of anilines is 1. The van der Waals surface area contributed by atoms with E-state index in [0.717, 1.165) is 10.8 Å². The first-order valence-electron chi connectivity index (χ1n) is 12.2. The van der Waals surface area contributed by atoms with Gasteiger partial charge in [0.25, 0.3) is 10.0 Å². The molecule has 0 amide bonds. The van der Waals surface area contributed by atoms with Gasteiger partial charge in [0.15, 0.2) is 0 Å². The Bertz CT molecular complexity index is 1940. The maximum absolute atomic E-state index is 13.5. The molecule has 0 spiro atoms.